The Bertz CT molecular complexity index is 418. The third-order valence-electron chi connectivity index (χ3n) is 3.45. The molecule has 1 aromatic heterocycles. The second-order valence-electron chi connectivity index (χ2n) is 4.36. The first-order chi connectivity index (χ1) is 6.84. The largest absolute Gasteiger partial charge is 0.310 e. The van der Waals surface area contributed by atoms with Gasteiger partial charge in [-0.3, -0.25) is 4.79 Å². The summed E-state index contributed by atoms with van der Waals surface area (Å²) in [6, 6.07) is 0. The van der Waals surface area contributed by atoms with Gasteiger partial charge in [0.15, 0.2) is 0 Å². The SMILES string of the molecule is O=c1[nH]c(C2CCC2)nc2c1CCC2. The zero-order valence-electron chi connectivity index (χ0n) is 8.18. The summed E-state index contributed by atoms with van der Waals surface area (Å²) in [7, 11) is 0. The minimum Gasteiger partial charge on any atom is -0.310 e. The number of rotatable bonds is 1. The Morgan fingerprint density at radius 2 is 2.07 bits per heavy atom. The van der Waals surface area contributed by atoms with Crippen molar-refractivity contribution in [2.45, 2.75) is 44.4 Å². The summed E-state index contributed by atoms with van der Waals surface area (Å²) in [5.41, 5.74) is 2.12. The molecule has 0 saturated heterocycles. The van der Waals surface area contributed by atoms with Crippen molar-refractivity contribution in [1.82, 2.24) is 9.97 Å². The molecule has 0 aromatic carbocycles. The number of aromatic amines is 1. The normalized spacial score (nSPS) is 20.6. The van der Waals surface area contributed by atoms with Crippen LogP contribution >= 0.6 is 0 Å². The minimum absolute atomic E-state index is 0.120. The number of aryl methyl sites for hydroxylation is 1. The lowest BCUT2D eigenvalue weighted by atomic mass is 9.85. The van der Waals surface area contributed by atoms with Crippen molar-refractivity contribution in [1.29, 1.82) is 0 Å². The molecule has 0 radical (unpaired) electrons. The number of nitrogens with zero attached hydrogens (tertiary/aromatic N) is 1. The van der Waals surface area contributed by atoms with Gasteiger partial charge >= 0.3 is 0 Å². The van der Waals surface area contributed by atoms with Gasteiger partial charge in [-0.05, 0) is 32.1 Å². The van der Waals surface area contributed by atoms with Gasteiger partial charge in [0.2, 0.25) is 0 Å². The van der Waals surface area contributed by atoms with Crippen LogP contribution in [0, 0.1) is 0 Å². The molecule has 2 aliphatic carbocycles. The van der Waals surface area contributed by atoms with E-state index in [2.05, 4.69) is 9.97 Å². The van der Waals surface area contributed by atoms with Crippen LogP contribution < -0.4 is 5.56 Å². The van der Waals surface area contributed by atoms with E-state index in [1.165, 1.54) is 19.3 Å². The number of nitrogens with one attached hydrogen (secondary N) is 1. The maximum atomic E-state index is 11.7. The molecule has 0 atom stereocenters. The highest BCUT2D eigenvalue weighted by Gasteiger charge is 2.24. The molecule has 0 amide bonds. The van der Waals surface area contributed by atoms with Crippen LogP contribution in [-0.2, 0) is 12.8 Å². The van der Waals surface area contributed by atoms with Crippen LogP contribution in [0.2, 0.25) is 0 Å². The molecule has 14 heavy (non-hydrogen) atoms. The topological polar surface area (TPSA) is 45.8 Å². The standard InChI is InChI=1S/C11H14N2O/c14-11-8-5-2-6-9(8)12-10(13-11)7-3-1-4-7/h7H,1-6H2,(H,12,13,14). The monoisotopic (exact) mass is 190 g/mol. The fourth-order valence-corrected chi connectivity index (χ4v) is 2.34. The summed E-state index contributed by atoms with van der Waals surface area (Å²) in [6.45, 7) is 0. The lowest BCUT2D eigenvalue weighted by Gasteiger charge is -2.24. The lowest BCUT2D eigenvalue weighted by Crippen LogP contribution is -2.21. The van der Waals surface area contributed by atoms with Crippen molar-refractivity contribution in [3.63, 3.8) is 0 Å². The van der Waals surface area contributed by atoms with Crippen LogP contribution in [0.4, 0.5) is 0 Å². The summed E-state index contributed by atoms with van der Waals surface area (Å²) in [4.78, 5) is 19.2. The molecule has 1 N–H and O–H groups in total. The van der Waals surface area contributed by atoms with Crippen LogP contribution in [0.15, 0.2) is 4.79 Å². The molecular weight excluding hydrogens is 176 g/mol. The molecule has 3 rings (SSSR count). The predicted octanol–water partition coefficient (Wildman–Crippen LogP) is 1.53. The summed E-state index contributed by atoms with van der Waals surface area (Å²) < 4.78 is 0. The maximum Gasteiger partial charge on any atom is 0.254 e. The molecule has 0 aliphatic heterocycles. The van der Waals surface area contributed by atoms with E-state index in [1.807, 2.05) is 0 Å². The molecule has 0 bridgehead atoms. The molecule has 74 valence electrons. The van der Waals surface area contributed by atoms with Gasteiger partial charge in [0.25, 0.3) is 5.56 Å². The van der Waals surface area contributed by atoms with Gasteiger partial charge in [-0.25, -0.2) is 4.98 Å². The molecule has 3 heteroatoms. The van der Waals surface area contributed by atoms with Gasteiger partial charge < -0.3 is 4.98 Å². The molecular formula is C11H14N2O. The lowest BCUT2D eigenvalue weighted by molar-refractivity contribution is 0.399. The minimum atomic E-state index is 0.120. The zero-order chi connectivity index (χ0) is 9.54. The molecule has 1 aromatic rings. The highest BCUT2D eigenvalue weighted by atomic mass is 16.1. The van der Waals surface area contributed by atoms with Crippen molar-refractivity contribution >= 4 is 0 Å². The Morgan fingerprint density at radius 1 is 1.21 bits per heavy atom. The Hall–Kier alpha value is -1.12. The number of fused-ring (bicyclic) bond motifs is 1. The van der Waals surface area contributed by atoms with E-state index in [4.69, 9.17) is 0 Å². The van der Waals surface area contributed by atoms with Crippen LogP contribution in [-0.4, -0.2) is 9.97 Å². The Balaban J connectivity index is 2.07. The van der Waals surface area contributed by atoms with E-state index in [0.717, 1.165) is 36.3 Å². The van der Waals surface area contributed by atoms with E-state index in [-0.39, 0.29) is 5.56 Å². The van der Waals surface area contributed by atoms with Crippen molar-refractivity contribution in [2.24, 2.45) is 0 Å². The molecule has 1 heterocycles. The van der Waals surface area contributed by atoms with Crippen LogP contribution in [0.3, 0.4) is 0 Å². The molecule has 0 unspecified atom stereocenters. The zero-order valence-corrected chi connectivity index (χ0v) is 8.18. The highest BCUT2D eigenvalue weighted by Crippen LogP contribution is 2.34. The summed E-state index contributed by atoms with van der Waals surface area (Å²) in [5, 5.41) is 0. The first-order valence-corrected chi connectivity index (χ1v) is 5.46. The van der Waals surface area contributed by atoms with E-state index < -0.39 is 0 Å². The number of aromatic nitrogens is 2. The molecule has 0 spiro atoms. The number of H-pyrrole nitrogens is 1. The molecule has 2 aliphatic rings. The van der Waals surface area contributed by atoms with E-state index in [0.29, 0.717) is 5.92 Å². The summed E-state index contributed by atoms with van der Waals surface area (Å²) in [6.07, 6.45) is 6.69. The van der Waals surface area contributed by atoms with Crippen LogP contribution in [0.5, 0.6) is 0 Å². The second kappa shape index (κ2) is 2.94. The van der Waals surface area contributed by atoms with Gasteiger partial charge in [-0.15, -0.1) is 0 Å². The van der Waals surface area contributed by atoms with E-state index >= 15 is 0 Å². The van der Waals surface area contributed by atoms with Crippen molar-refractivity contribution in [2.75, 3.05) is 0 Å². The Morgan fingerprint density at radius 3 is 2.79 bits per heavy atom. The third kappa shape index (κ3) is 1.11. The fraction of sp³-hybridized carbons (Fsp3) is 0.636. The maximum absolute atomic E-state index is 11.7. The number of hydrogen-bond acceptors (Lipinski definition) is 2. The quantitative estimate of drug-likeness (QED) is 0.729. The van der Waals surface area contributed by atoms with Crippen molar-refractivity contribution in [3.05, 3.63) is 27.4 Å². The first-order valence-electron chi connectivity index (χ1n) is 5.46. The average Bonchev–Trinajstić information content (AvgIpc) is 2.48. The van der Waals surface area contributed by atoms with Crippen molar-refractivity contribution in [3.8, 4) is 0 Å². The van der Waals surface area contributed by atoms with Gasteiger partial charge in [-0.2, -0.15) is 0 Å². The Labute approximate surface area is 82.6 Å². The Kier molecular flexibility index (Phi) is 1.72. The molecule has 3 nitrogen and oxygen atoms in total. The average molecular weight is 190 g/mol. The van der Waals surface area contributed by atoms with E-state index in [1.54, 1.807) is 0 Å². The van der Waals surface area contributed by atoms with Gasteiger partial charge in [0.1, 0.15) is 5.82 Å². The predicted molar refractivity (Wildman–Crippen MR) is 53.5 cm³/mol. The van der Waals surface area contributed by atoms with E-state index in [9.17, 15) is 4.79 Å². The molecule has 1 fully saturated rings. The van der Waals surface area contributed by atoms with Gasteiger partial charge in [0, 0.05) is 11.5 Å². The first kappa shape index (κ1) is 8.21. The third-order valence-corrected chi connectivity index (χ3v) is 3.45. The van der Waals surface area contributed by atoms with Crippen molar-refractivity contribution < 1.29 is 0 Å². The number of hydrogen-bond donors (Lipinski definition) is 1. The molecule has 1 saturated carbocycles. The summed E-state index contributed by atoms with van der Waals surface area (Å²) >= 11 is 0. The van der Waals surface area contributed by atoms with Gasteiger partial charge in [0.05, 0.1) is 5.69 Å². The smallest absolute Gasteiger partial charge is 0.254 e. The van der Waals surface area contributed by atoms with Crippen LogP contribution in [0.1, 0.15) is 48.7 Å². The fourth-order valence-electron chi connectivity index (χ4n) is 2.34. The summed E-state index contributed by atoms with van der Waals surface area (Å²) in [5.74, 6) is 1.48. The van der Waals surface area contributed by atoms with Crippen LogP contribution in [0.25, 0.3) is 0 Å². The van der Waals surface area contributed by atoms with Gasteiger partial charge in [-0.1, -0.05) is 6.42 Å². The highest BCUT2D eigenvalue weighted by molar-refractivity contribution is 5.23. The second-order valence-corrected chi connectivity index (χ2v) is 4.36.